The van der Waals surface area contributed by atoms with Gasteiger partial charge in [0, 0.05) is 12.6 Å². The summed E-state index contributed by atoms with van der Waals surface area (Å²) in [5.41, 5.74) is 1.11. The maximum Gasteiger partial charge on any atom is 0.264 e. The van der Waals surface area contributed by atoms with Gasteiger partial charge in [0.2, 0.25) is 11.8 Å². The molecule has 0 aromatic heterocycles. The molecule has 3 rings (SSSR count). The van der Waals surface area contributed by atoms with E-state index in [4.69, 9.17) is 9.47 Å². The van der Waals surface area contributed by atoms with Gasteiger partial charge in [-0.1, -0.05) is 44.2 Å². The lowest BCUT2D eigenvalue weighted by molar-refractivity contribution is -0.140. The summed E-state index contributed by atoms with van der Waals surface area (Å²) < 4.78 is 39.3. The number of methoxy groups -OCH3 is 2. The smallest absolute Gasteiger partial charge is 0.264 e. The van der Waals surface area contributed by atoms with E-state index in [0.29, 0.717) is 23.6 Å². The number of carbonyl (C=O) groups excluding carboxylic acids is 2. The number of hydrogen-bond acceptors (Lipinski definition) is 6. The predicted molar refractivity (Wildman–Crippen MR) is 159 cm³/mol. The molecule has 0 radical (unpaired) electrons. The average molecular weight is 582 g/mol. The second-order valence-corrected chi connectivity index (χ2v) is 11.5. The van der Waals surface area contributed by atoms with E-state index in [1.807, 2.05) is 32.9 Å². The Balaban J connectivity index is 2.03. The number of nitrogens with zero attached hydrogens (tertiary/aromatic N) is 2. The summed E-state index contributed by atoms with van der Waals surface area (Å²) in [6, 6.07) is 20.8. The van der Waals surface area contributed by atoms with Gasteiger partial charge in [-0.3, -0.25) is 13.9 Å². The van der Waals surface area contributed by atoms with Crippen molar-refractivity contribution in [3.63, 3.8) is 0 Å². The lowest BCUT2D eigenvalue weighted by Gasteiger charge is -2.33. The number of benzene rings is 3. The highest BCUT2D eigenvalue weighted by molar-refractivity contribution is 7.92. The number of nitrogens with one attached hydrogen (secondary N) is 1. The number of para-hydroxylation sites is 1. The van der Waals surface area contributed by atoms with E-state index in [9.17, 15) is 18.0 Å². The lowest BCUT2D eigenvalue weighted by Crippen LogP contribution is -2.53. The van der Waals surface area contributed by atoms with Crippen molar-refractivity contribution in [3.8, 4) is 11.5 Å². The van der Waals surface area contributed by atoms with E-state index < -0.39 is 28.5 Å². The van der Waals surface area contributed by atoms with Gasteiger partial charge in [0.25, 0.3) is 10.0 Å². The van der Waals surface area contributed by atoms with Crippen LogP contribution in [0.4, 0.5) is 5.69 Å². The Morgan fingerprint density at radius 1 is 0.829 bits per heavy atom. The molecule has 10 heteroatoms. The number of carbonyl (C=O) groups is 2. The van der Waals surface area contributed by atoms with Crippen LogP contribution >= 0.6 is 0 Å². The second-order valence-electron chi connectivity index (χ2n) is 9.63. The first-order chi connectivity index (χ1) is 19.6. The van der Waals surface area contributed by atoms with Gasteiger partial charge in [-0.25, -0.2) is 8.42 Å². The van der Waals surface area contributed by atoms with E-state index in [1.165, 1.54) is 24.1 Å². The molecule has 2 amide bonds. The third-order valence-corrected chi connectivity index (χ3v) is 8.66. The number of ether oxygens (including phenoxy) is 2. The fraction of sp³-hybridized carbons (Fsp3) is 0.355. The quantitative estimate of drug-likeness (QED) is 0.298. The maximum atomic E-state index is 14.1. The maximum absolute atomic E-state index is 14.1. The van der Waals surface area contributed by atoms with Crippen molar-refractivity contribution in [3.05, 3.63) is 84.4 Å². The average Bonchev–Trinajstić information content (AvgIpc) is 3.00. The zero-order chi connectivity index (χ0) is 30.0. The first-order valence-electron chi connectivity index (χ1n) is 13.6. The van der Waals surface area contributed by atoms with Crippen LogP contribution in [-0.2, 0) is 26.2 Å². The van der Waals surface area contributed by atoms with Crippen molar-refractivity contribution in [2.75, 3.05) is 25.1 Å². The Morgan fingerprint density at radius 2 is 1.39 bits per heavy atom. The Bertz CT molecular complexity index is 1380. The van der Waals surface area contributed by atoms with Crippen LogP contribution in [0.5, 0.6) is 11.5 Å². The van der Waals surface area contributed by atoms with Crippen molar-refractivity contribution in [2.24, 2.45) is 0 Å². The highest BCUT2D eigenvalue weighted by Crippen LogP contribution is 2.26. The molecule has 2 atom stereocenters. The number of anilines is 1. The minimum absolute atomic E-state index is 0.0122. The van der Waals surface area contributed by atoms with Crippen LogP contribution in [0.2, 0.25) is 0 Å². The highest BCUT2D eigenvalue weighted by Gasteiger charge is 2.34. The molecule has 1 N–H and O–H groups in total. The van der Waals surface area contributed by atoms with Gasteiger partial charge in [-0.15, -0.1) is 0 Å². The van der Waals surface area contributed by atoms with Crippen molar-refractivity contribution < 1.29 is 27.5 Å². The summed E-state index contributed by atoms with van der Waals surface area (Å²) in [4.78, 5) is 28.9. The number of amides is 2. The minimum atomic E-state index is -4.15. The highest BCUT2D eigenvalue weighted by atomic mass is 32.2. The fourth-order valence-corrected chi connectivity index (χ4v) is 5.70. The summed E-state index contributed by atoms with van der Waals surface area (Å²) in [6.45, 7) is 5.31. The first kappa shape index (κ1) is 31.5. The predicted octanol–water partition coefficient (Wildman–Crippen LogP) is 4.62. The van der Waals surface area contributed by atoms with E-state index in [2.05, 4.69) is 5.32 Å². The van der Waals surface area contributed by atoms with Gasteiger partial charge < -0.3 is 19.7 Å². The van der Waals surface area contributed by atoms with Crippen LogP contribution in [-0.4, -0.2) is 58.0 Å². The Hall–Kier alpha value is -4.05. The molecule has 0 aliphatic heterocycles. The second kappa shape index (κ2) is 14.5. The molecule has 0 unspecified atom stereocenters. The van der Waals surface area contributed by atoms with Crippen LogP contribution in [0.1, 0.15) is 39.2 Å². The summed E-state index contributed by atoms with van der Waals surface area (Å²) in [5, 5.41) is 2.98. The molecule has 0 aliphatic carbocycles. The Labute approximate surface area is 243 Å². The molecule has 9 nitrogen and oxygen atoms in total. The molecule has 0 aliphatic rings. The normalized spacial score (nSPS) is 12.6. The van der Waals surface area contributed by atoms with Gasteiger partial charge >= 0.3 is 0 Å². The van der Waals surface area contributed by atoms with Crippen molar-refractivity contribution in [1.82, 2.24) is 10.2 Å². The molecule has 41 heavy (non-hydrogen) atoms. The van der Waals surface area contributed by atoms with Crippen molar-refractivity contribution >= 4 is 27.5 Å². The van der Waals surface area contributed by atoms with E-state index >= 15 is 0 Å². The molecule has 0 bridgehead atoms. The zero-order valence-corrected chi connectivity index (χ0v) is 25.1. The molecule has 3 aromatic carbocycles. The molecule has 0 saturated heterocycles. The zero-order valence-electron chi connectivity index (χ0n) is 24.2. The minimum Gasteiger partial charge on any atom is -0.497 e. The van der Waals surface area contributed by atoms with Crippen molar-refractivity contribution in [1.29, 1.82) is 0 Å². The van der Waals surface area contributed by atoms with Crippen LogP contribution in [0, 0.1) is 0 Å². The molecular weight excluding hydrogens is 542 g/mol. The molecule has 0 heterocycles. The first-order valence-corrected chi connectivity index (χ1v) is 15.0. The van der Waals surface area contributed by atoms with Crippen LogP contribution in [0.25, 0.3) is 0 Å². The van der Waals surface area contributed by atoms with Crippen LogP contribution in [0.15, 0.2) is 83.8 Å². The lowest BCUT2D eigenvalue weighted by atomic mass is 10.1. The number of rotatable bonds is 14. The number of sulfonamides is 1. The van der Waals surface area contributed by atoms with E-state index in [1.54, 1.807) is 61.7 Å². The SMILES string of the molecule is CC[C@H](C(=O)N[C@@H](C)CC)N(Cc1ccc(OC)cc1)C(=O)CN(c1ccccc1)S(=O)(=O)c1ccc(OC)cc1. The molecular formula is C31H39N3O6S. The Kier molecular flexibility index (Phi) is 11.2. The topological polar surface area (TPSA) is 105 Å². The fourth-order valence-electron chi connectivity index (χ4n) is 4.29. The molecule has 0 fully saturated rings. The van der Waals surface area contributed by atoms with Gasteiger partial charge in [0.15, 0.2) is 0 Å². The Morgan fingerprint density at radius 3 is 1.90 bits per heavy atom. The number of hydrogen-bond donors (Lipinski definition) is 1. The molecule has 3 aromatic rings. The van der Waals surface area contributed by atoms with Gasteiger partial charge in [0.1, 0.15) is 24.1 Å². The standard InChI is InChI=1S/C31H39N3O6S/c1-6-23(3)32-31(36)29(7-2)33(21-24-13-15-26(39-4)16-14-24)30(35)22-34(25-11-9-8-10-12-25)41(37,38)28-19-17-27(40-5)18-20-28/h8-20,23,29H,6-7,21-22H2,1-5H3,(H,32,36)/t23-,29+/m0/s1. The van der Waals surface area contributed by atoms with E-state index in [0.717, 1.165) is 16.3 Å². The van der Waals surface area contributed by atoms with Gasteiger partial charge in [-0.2, -0.15) is 0 Å². The summed E-state index contributed by atoms with van der Waals surface area (Å²) >= 11 is 0. The summed E-state index contributed by atoms with van der Waals surface area (Å²) in [5.74, 6) is 0.380. The monoisotopic (exact) mass is 581 g/mol. The molecule has 220 valence electrons. The van der Waals surface area contributed by atoms with E-state index in [-0.39, 0.29) is 23.4 Å². The van der Waals surface area contributed by atoms with Gasteiger partial charge in [0.05, 0.1) is 24.8 Å². The summed E-state index contributed by atoms with van der Waals surface area (Å²) in [6.07, 6.45) is 1.08. The third-order valence-electron chi connectivity index (χ3n) is 6.87. The largest absolute Gasteiger partial charge is 0.497 e. The van der Waals surface area contributed by atoms with Crippen LogP contribution in [0.3, 0.4) is 0 Å². The van der Waals surface area contributed by atoms with Crippen LogP contribution < -0.4 is 19.1 Å². The third kappa shape index (κ3) is 8.00. The molecule has 0 saturated carbocycles. The van der Waals surface area contributed by atoms with Crippen molar-refractivity contribution in [2.45, 2.75) is 57.1 Å². The van der Waals surface area contributed by atoms with Gasteiger partial charge in [-0.05, 0) is 73.9 Å². The summed E-state index contributed by atoms with van der Waals surface area (Å²) in [7, 11) is -1.09. The molecule has 0 spiro atoms.